The van der Waals surface area contributed by atoms with E-state index >= 15 is 0 Å². The average Bonchev–Trinajstić information content (AvgIpc) is 2.86. The zero-order valence-electron chi connectivity index (χ0n) is 20.5. The van der Waals surface area contributed by atoms with Gasteiger partial charge in [0.1, 0.15) is 5.75 Å². The molecule has 1 heterocycles. The molecule has 0 atom stereocenters. The van der Waals surface area contributed by atoms with Crippen LogP contribution in [0.3, 0.4) is 0 Å². The normalized spacial score (nSPS) is 11.5. The summed E-state index contributed by atoms with van der Waals surface area (Å²) >= 11 is 13.0. The highest BCUT2D eigenvalue weighted by Crippen LogP contribution is 2.31. The van der Waals surface area contributed by atoms with Crippen LogP contribution in [0.25, 0.3) is 0 Å². The van der Waals surface area contributed by atoms with Gasteiger partial charge in [-0.1, -0.05) is 54.3 Å². The Hall–Kier alpha value is -3.76. The number of nitrogens with zero attached hydrogens (tertiary/aromatic N) is 3. The van der Waals surface area contributed by atoms with Crippen LogP contribution < -0.4 is 21.3 Å². The number of halogens is 2. The molecule has 0 unspecified atom stereocenters. The van der Waals surface area contributed by atoms with Gasteiger partial charge < -0.3 is 20.4 Å². The lowest BCUT2D eigenvalue weighted by molar-refractivity contribution is 0.176. The molecule has 4 N–H and O–H groups in total. The number of ether oxygens (including phenoxy) is 2. The summed E-state index contributed by atoms with van der Waals surface area (Å²) in [6, 6.07) is 12.2. The number of hydrogen-bond acceptors (Lipinski definition) is 7. The number of rotatable bonds is 9. The standard InChI is InChI=1S/C25H27Cl2N5O5/c1-14(2)19-8-17(30-32(24(19)33)12-15-4-6-18(36-3)7-5-15)9-20-21(26)10-16(11-22(20)27)29-25(34)37-13-23(28)31-35/h4-8,10-11,14,35H,9,12-13H2,1-3H3,(H2,28,31)(H,29,34). The lowest BCUT2D eigenvalue weighted by atomic mass is 10.0. The van der Waals surface area contributed by atoms with Crippen LogP contribution in [0.5, 0.6) is 5.75 Å². The topological polar surface area (TPSA) is 141 Å². The van der Waals surface area contributed by atoms with Crippen molar-refractivity contribution in [3.8, 4) is 5.75 Å². The van der Waals surface area contributed by atoms with E-state index in [2.05, 4.69) is 15.6 Å². The highest BCUT2D eigenvalue weighted by Gasteiger charge is 2.16. The Morgan fingerprint density at radius 3 is 2.41 bits per heavy atom. The number of nitrogens with two attached hydrogens (primary N) is 1. The second-order valence-corrected chi connectivity index (χ2v) is 9.26. The highest BCUT2D eigenvalue weighted by atomic mass is 35.5. The van der Waals surface area contributed by atoms with Gasteiger partial charge in [-0.15, -0.1) is 0 Å². The molecule has 12 heteroatoms. The van der Waals surface area contributed by atoms with Gasteiger partial charge in [0, 0.05) is 27.7 Å². The maximum atomic E-state index is 13.1. The van der Waals surface area contributed by atoms with Crippen LogP contribution in [0.2, 0.25) is 10.0 Å². The van der Waals surface area contributed by atoms with Crippen molar-refractivity contribution in [2.45, 2.75) is 32.7 Å². The van der Waals surface area contributed by atoms with E-state index in [0.29, 0.717) is 32.6 Å². The molecule has 0 aliphatic heterocycles. The maximum Gasteiger partial charge on any atom is 0.412 e. The molecule has 0 bridgehead atoms. The van der Waals surface area contributed by atoms with E-state index in [1.807, 2.05) is 38.1 Å². The number of aromatic nitrogens is 2. The molecule has 3 rings (SSSR count). The van der Waals surface area contributed by atoms with Gasteiger partial charge in [0.2, 0.25) is 0 Å². The van der Waals surface area contributed by atoms with Crippen molar-refractivity contribution < 1.29 is 19.5 Å². The SMILES string of the molecule is COc1ccc(Cn2nc(Cc3c(Cl)cc(NC(=O)OCC(N)=NO)cc3Cl)cc(C(C)C)c2=O)cc1. The van der Waals surface area contributed by atoms with Crippen molar-refractivity contribution in [1.82, 2.24) is 9.78 Å². The summed E-state index contributed by atoms with van der Waals surface area (Å²) in [5, 5.41) is 18.9. The van der Waals surface area contributed by atoms with Crippen molar-refractivity contribution >= 4 is 40.8 Å². The Morgan fingerprint density at radius 2 is 1.84 bits per heavy atom. The second kappa shape index (κ2) is 12.5. The van der Waals surface area contributed by atoms with Crippen molar-refractivity contribution in [2.24, 2.45) is 10.9 Å². The molecule has 0 aliphatic rings. The van der Waals surface area contributed by atoms with Crippen molar-refractivity contribution in [1.29, 1.82) is 0 Å². The average molecular weight is 548 g/mol. The number of carbonyl (C=O) groups excluding carboxylic acids is 1. The Balaban J connectivity index is 1.86. The molecule has 1 amide bonds. The predicted octanol–water partition coefficient (Wildman–Crippen LogP) is 4.62. The monoisotopic (exact) mass is 547 g/mol. The van der Waals surface area contributed by atoms with Gasteiger partial charge in [0.25, 0.3) is 5.56 Å². The van der Waals surface area contributed by atoms with Gasteiger partial charge in [0.15, 0.2) is 12.4 Å². The van der Waals surface area contributed by atoms with E-state index in [9.17, 15) is 9.59 Å². The first kappa shape index (κ1) is 27.8. The van der Waals surface area contributed by atoms with Gasteiger partial charge in [-0.05, 0) is 47.4 Å². The first-order chi connectivity index (χ1) is 17.6. The summed E-state index contributed by atoms with van der Waals surface area (Å²) in [6.07, 6.45) is -0.575. The van der Waals surface area contributed by atoms with Crippen molar-refractivity contribution in [2.75, 3.05) is 19.0 Å². The Bertz CT molecular complexity index is 1330. The number of benzene rings is 2. The first-order valence-electron chi connectivity index (χ1n) is 11.2. The number of methoxy groups -OCH3 is 1. The summed E-state index contributed by atoms with van der Waals surface area (Å²) in [6.45, 7) is 3.78. The van der Waals surface area contributed by atoms with E-state index in [1.165, 1.54) is 16.8 Å². The summed E-state index contributed by atoms with van der Waals surface area (Å²) in [7, 11) is 1.59. The molecule has 0 aliphatic carbocycles. The Kier molecular flexibility index (Phi) is 9.37. The van der Waals surface area contributed by atoms with Crippen LogP contribution in [-0.2, 0) is 17.7 Å². The maximum absolute atomic E-state index is 13.1. The van der Waals surface area contributed by atoms with Crippen LogP contribution in [0.15, 0.2) is 52.4 Å². The number of amidine groups is 1. The molecular weight excluding hydrogens is 521 g/mol. The third-order valence-corrected chi connectivity index (χ3v) is 6.07. The molecule has 0 spiro atoms. The predicted molar refractivity (Wildman–Crippen MR) is 142 cm³/mol. The second-order valence-electron chi connectivity index (χ2n) is 8.44. The number of nitrogens with one attached hydrogen (secondary N) is 1. The molecular formula is C25H27Cl2N5O5. The zero-order valence-corrected chi connectivity index (χ0v) is 22.0. The number of anilines is 1. The minimum absolute atomic E-state index is 0.0233. The van der Waals surface area contributed by atoms with Gasteiger partial charge in [0.05, 0.1) is 19.3 Å². The smallest absolute Gasteiger partial charge is 0.412 e. The van der Waals surface area contributed by atoms with E-state index in [0.717, 1.165) is 11.3 Å². The van der Waals surface area contributed by atoms with Gasteiger partial charge in [-0.25, -0.2) is 9.48 Å². The molecule has 10 nitrogen and oxygen atoms in total. The Morgan fingerprint density at radius 1 is 1.19 bits per heavy atom. The first-order valence-corrected chi connectivity index (χ1v) is 12.0. The fraction of sp³-hybridized carbons (Fsp3) is 0.280. The number of oxime groups is 1. The molecule has 37 heavy (non-hydrogen) atoms. The summed E-state index contributed by atoms with van der Waals surface area (Å²) < 4.78 is 11.5. The summed E-state index contributed by atoms with van der Waals surface area (Å²) in [4.78, 5) is 25.0. The Labute approximate surface area is 223 Å². The third-order valence-electron chi connectivity index (χ3n) is 5.39. The molecule has 0 fully saturated rings. The molecule has 0 saturated carbocycles. The van der Waals surface area contributed by atoms with Crippen LogP contribution in [0, 0.1) is 0 Å². The molecule has 2 aromatic carbocycles. The van der Waals surface area contributed by atoms with Crippen molar-refractivity contribution in [3.05, 3.63) is 85.2 Å². The minimum Gasteiger partial charge on any atom is -0.497 e. The van der Waals surface area contributed by atoms with Crippen LogP contribution in [-0.4, -0.2) is 40.6 Å². The van der Waals surface area contributed by atoms with Gasteiger partial charge in [-0.3, -0.25) is 10.1 Å². The highest BCUT2D eigenvalue weighted by molar-refractivity contribution is 6.36. The van der Waals surface area contributed by atoms with Gasteiger partial charge >= 0.3 is 6.09 Å². The van der Waals surface area contributed by atoms with E-state index in [1.54, 1.807) is 13.2 Å². The fourth-order valence-corrected chi connectivity index (χ4v) is 4.10. The number of hydrogen-bond donors (Lipinski definition) is 3. The van der Waals surface area contributed by atoms with Crippen LogP contribution in [0.1, 0.15) is 42.1 Å². The van der Waals surface area contributed by atoms with Crippen molar-refractivity contribution in [3.63, 3.8) is 0 Å². The molecule has 1 aromatic heterocycles. The van der Waals surface area contributed by atoms with Crippen LogP contribution in [0.4, 0.5) is 10.5 Å². The quantitative estimate of drug-likeness (QED) is 0.153. The zero-order chi connectivity index (χ0) is 27.1. The number of carbonyl (C=O) groups is 1. The number of amides is 1. The summed E-state index contributed by atoms with van der Waals surface area (Å²) in [5.74, 6) is 0.437. The van der Waals surface area contributed by atoms with Gasteiger partial charge in [-0.2, -0.15) is 5.10 Å². The molecule has 3 aromatic rings. The molecule has 0 saturated heterocycles. The third kappa shape index (κ3) is 7.37. The minimum atomic E-state index is -0.833. The van der Waals surface area contributed by atoms with E-state index in [-0.39, 0.29) is 30.3 Å². The van der Waals surface area contributed by atoms with Crippen LogP contribution >= 0.6 is 23.2 Å². The largest absolute Gasteiger partial charge is 0.497 e. The van der Waals surface area contributed by atoms with E-state index in [4.69, 9.17) is 43.6 Å². The fourth-order valence-electron chi connectivity index (χ4n) is 3.48. The molecule has 0 radical (unpaired) electrons. The van der Waals surface area contributed by atoms with E-state index < -0.39 is 12.7 Å². The molecule has 196 valence electrons. The lowest BCUT2D eigenvalue weighted by Gasteiger charge is -2.15. The lowest BCUT2D eigenvalue weighted by Crippen LogP contribution is -2.28. The summed E-state index contributed by atoms with van der Waals surface area (Å²) in [5.41, 5.74) is 8.11.